The van der Waals surface area contributed by atoms with Gasteiger partial charge in [-0.2, -0.15) is 5.26 Å². The van der Waals surface area contributed by atoms with Crippen molar-refractivity contribution in [3.8, 4) is 6.07 Å². The SMILES string of the molecule is N#C[C@H](C(=O)[C@H]1C[C@@H]1c1ccccc1Br)c1ccccn1. The van der Waals surface area contributed by atoms with Crippen molar-refractivity contribution in [2.45, 2.75) is 18.3 Å². The van der Waals surface area contributed by atoms with Crippen molar-refractivity contribution >= 4 is 21.7 Å². The number of rotatable bonds is 4. The van der Waals surface area contributed by atoms with Gasteiger partial charge in [0.2, 0.25) is 0 Å². The number of carbonyl (C=O) groups is 1. The second-order valence-corrected chi connectivity index (χ2v) is 6.04. The van der Waals surface area contributed by atoms with Crippen LogP contribution in [0.1, 0.15) is 29.5 Å². The summed E-state index contributed by atoms with van der Waals surface area (Å²) in [7, 11) is 0. The summed E-state index contributed by atoms with van der Waals surface area (Å²) < 4.78 is 1.02. The van der Waals surface area contributed by atoms with Crippen molar-refractivity contribution < 1.29 is 4.79 Å². The van der Waals surface area contributed by atoms with Crippen LogP contribution >= 0.6 is 15.9 Å². The molecule has 104 valence electrons. The van der Waals surface area contributed by atoms with Gasteiger partial charge in [0.05, 0.1) is 11.8 Å². The lowest BCUT2D eigenvalue weighted by molar-refractivity contribution is -0.120. The number of nitriles is 1. The molecule has 0 amide bonds. The predicted molar refractivity (Wildman–Crippen MR) is 82.6 cm³/mol. The molecule has 3 atom stereocenters. The lowest BCUT2D eigenvalue weighted by Crippen LogP contribution is -2.15. The smallest absolute Gasteiger partial charge is 0.159 e. The zero-order valence-corrected chi connectivity index (χ0v) is 12.8. The van der Waals surface area contributed by atoms with Gasteiger partial charge in [0, 0.05) is 16.6 Å². The Kier molecular flexibility index (Phi) is 3.85. The first-order valence-corrected chi connectivity index (χ1v) is 7.60. The van der Waals surface area contributed by atoms with Crippen LogP contribution in [-0.4, -0.2) is 10.8 Å². The van der Waals surface area contributed by atoms with Crippen LogP contribution in [0, 0.1) is 17.2 Å². The van der Waals surface area contributed by atoms with E-state index in [9.17, 15) is 10.1 Å². The summed E-state index contributed by atoms with van der Waals surface area (Å²) in [5, 5.41) is 9.32. The molecule has 1 heterocycles. The van der Waals surface area contributed by atoms with Crippen LogP contribution in [0.5, 0.6) is 0 Å². The molecule has 0 saturated heterocycles. The number of carbonyl (C=O) groups excluding carboxylic acids is 1. The summed E-state index contributed by atoms with van der Waals surface area (Å²) in [6, 6.07) is 15.4. The van der Waals surface area contributed by atoms with Gasteiger partial charge < -0.3 is 0 Å². The molecule has 21 heavy (non-hydrogen) atoms. The molecule has 0 spiro atoms. The molecule has 1 aliphatic rings. The van der Waals surface area contributed by atoms with Gasteiger partial charge in [-0.15, -0.1) is 0 Å². The number of pyridine rings is 1. The van der Waals surface area contributed by atoms with Crippen molar-refractivity contribution in [2.75, 3.05) is 0 Å². The summed E-state index contributed by atoms with van der Waals surface area (Å²) in [4.78, 5) is 16.7. The van der Waals surface area contributed by atoms with Gasteiger partial charge >= 0.3 is 0 Å². The highest BCUT2D eigenvalue weighted by Crippen LogP contribution is 2.51. The molecule has 3 nitrogen and oxygen atoms in total. The standard InChI is InChI=1S/C17H13BrN2O/c18-15-6-2-1-5-11(15)12-9-13(12)17(21)14(10-19)16-7-3-4-8-20-16/h1-8,12-14H,9H2/t12-,13+,14+/m1/s1. The number of aromatic nitrogens is 1. The van der Waals surface area contributed by atoms with Gasteiger partial charge in [-0.25, -0.2) is 0 Å². The maximum absolute atomic E-state index is 12.6. The minimum atomic E-state index is -0.760. The van der Waals surface area contributed by atoms with Gasteiger partial charge in [-0.05, 0) is 36.1 Å². The third-order valence-electron chi connectivity index (χ3n) is 3.86. The molecule has 1 aromatic carbocycles. The number of ketones is 1. The molecule has 0 radical (unpaired) electrons. The number of Topliss-reactive ketones (excluding diaryl/α,β-unsaturated/α-hetero) is 1. The fraction of sp³-hybridized carbons (Fsp3) is 0.235. The van der Waals surface area contributed by atoms with E-state index >= 15 is 0 Å². The Hall–Kier alpha value is -1.99. The first-order chi connectivity index (χ1) is 10.2. The summed E-state index contributed by atoms with van der Waals surface area (Å²) in [6.45, 7) is 0. The molecule has 1 aliphatic carbocycles. The Balaban J connectivity index is 1.79. The Morgan fingerprint density at radius 2 is 2.05 bits per heavy atom. The quantitative estimate of drug-likeness (QED) is 0.849. The average Bonchev–Trinajstić information content (AvgIpc) is 3.30. The molecular formula is C17H13BrN2O. The van der Waals surface area contributed by atoms with E-state index in [-0.39, 0.29) is 17.6 Å². The summed E-state index contributed by atoms with van der Waals surface area (Å²) in [6.07, 6.45) is 2.43. The molecule has 1 saturated carbocycles. The van der Waals surface area contributed by atoms with E-state index in [0.29, 0.717) is 5.69 Å². The van der Waals surface area contributed by atoms with Gasteiger partial charge in [-0.3, -0.25) is 9.78 Å². The van der Waals surface area contributed by atoms with Gasteiger partial charge in [0.15, 0.2) is 5.78 Å². The molecular weight excluding hydrogens is 328 g/mol. The lowest BCUT2D eigenvalue weighted by atomic mass is 9.95. The van der Waals surface area contributed by atoms with E-state index in [4.69, 9.17) is 0 Å². The van der Waals surface area contributed by atoms with Crippen LogP contribution in [0.3, 0.4) is 0 Å². The largest absolute Gasteiger partial charge is 0.297 e. The highest BCUT2D eigenvalue weighted by molar-refractivity contribution is 9.10. The van der Waals surface area contributed by atoms with E-state index in [0.717, 1.165) is 16.5 Å². The molecule has 3 rings (SSSR count). The van der Waals surface area contributed by atoms with E-state index in [1.165, 1.54) is 0 Å². The minimum absolute atomic E-state index is 0.0167. The van der Waals surface area contributed by atoms with Crippen LogP contribution in [0.15, 0.2) is 53.1 Å². The number of hydrogen-bond donors (Lipinski definition) is 0. The molecule has 4 heteroatoms. The number of nitrogens with zero attached hydrogens (tertiary/aromatic N) is 2. The molecule has 1 aromatic heterocycles. The normalized spacial score (nSPS) is 21.3. The molecule has 0 N–H and O–H groups in total. The fourth-order valence-electron chi connectivity index (χ4n) is 2.67. The van der Waals surface area contributed by atoms with Crippen molar-refractivity contribution in [3.63, 3.8) is 0 Å². The van der Waals surface area contributed by atoms with Crippen molar-refractivity contribution in [2.24, 2.45) is 5.92 Å². The second-order valence-electron chi connectivity index (χ2n) is 5.19. The summed E-state index contributed by atoms with van der Waals surface area (Å²) in [5.41, 5.74) is 1.69. The number of halogens is 1. The third-order valence-corrected chi connectivity index (χ3v) is 4.58. The zero-order valence-electron chi connectivity index (χ0n) is 11.2. The third kappa shape index (κ3) is 2.74. The van der Waals surface area contributed by atoms with Gasteiger partial charge in [-0.1, -0.05) is 40.2 Å². The Morgan fingerprint density at radius 3 is 2.71 bits per heavy atom. The van der Waals surface area contributed by atoms with Crippen molar-refractivity contribution in [1.29, 1.82) is 5.26 Å². The van der Waals surface area contributed by atoms with Crippen LogP contribution in [0.2, 0.25) is 0 Å². The number of benzene rings is 1. The lowest BCUT2D eigenvalue weighted by Gasteiger charge is -2.08. The second kappa shape index (κ2) is 5.79. The molecule has 0 bridgehead atoms. The highest BCUT2D eigenvalue weighted by atomic mass is 79.9. The van der Waals surface area contributed by atoms with Crippen molar-refractivity contribution in [3.05, 3.63) is 64.4 Å². The van der Waals surface area contributed by atoms with E-state index < -0.39 is 5.92 Å². The van der Waals surface area contributed by atoms with Crippen LogP contribution in [0.25, 0.3) is 0 Å². The Bertz CT molecular complexity index is 708. The predicted octanol–water partition coefficient (Wildman–Crippen LogP) is 3.82. The van der Waals surface area contributed by atoms with Crippen LogP contribution < -0.4 is 0 Å². The van der Waals surface area contributed by atoms with E-state index in [1.54, 1.807) is 24.4 Å². The molecule has 1 fully saturated rings. The maximum Gasteiger partial charge on any atom is 0.159 e. The summed E-state index contributed by atoms with van der Waals surface area (Å²) in [5.74, 6) is -0.636. The topological polar surface area (TPSA) is 53.8 Å². The monoisotopic (exact) mass is 340 g/mol. The highest BCUT2D eigenvalue weighted by Gasteiger charge is 2.47. The maximum atomic E-state index is 12.6. The van der Waals surface area contributed by atoms with Crippen LogP contribution in [0.4, 0.5) is 0 Å². The summed E-state index contributed by atoms with van der Waals surface area (Å²) >= 11 is 3.52. The Morgan fingerprint density at radius 1 is 1.29 bits per heavy atom. The fourth-order valence-corrected chi connectivity index (χ4v) is 3.24. The average molecular weight is 341 g/mol. The zero-order chi connectivity index (χ0) is 14.8. The van der Waals surface area contributed by atoms with Gasteiger partial charge in [0.1, 0.15) is 5.92 Å². The first kappa shape index (κ1) is 14.0. The molecule has 0 aliphatic heterocycles. The van der Waals surface area contributed by atoms with E-state index in [1.807, 2.05) is 24.3 Å². The molecule has 2 aromatic rings. The first-order valence-electron chi connectivity index (χ1n) is 6.81. The number of hydrogen-bond acceptors (Lipinski definition) is 3. The molecule has 0 unspecified atom stereocenters. The van der Waals surface area contributed by atoms with E-state index in [2.05, 4.69) is 27.0 Å². The minimum Gasteiger partial charge on any atom is -0.297 e. The van der Waals surface area contributed by atoms with Crippen molar-refractivity contribution in [1.82, 2.24) is 4.98 Å². The van der Waals surface area contributed by atoms with Gasteiger partial charge in [0.25, 0.3) is 0 Å². The Labute approximate surface area is 131 Å². The van der Waals surface area contributed by atoms with Crippen LogP contribution in [-0.2, 0) is 4.79 Å².